The van der Waals surface area contributed by atoms with Crippen LogP contribution in [0.4, 0.5) is 5.69 Å². The fourth-order valence-electron chi connectivity index (χ4n) is 2.57. The van der Waals surface area contributed by atoms with E-state index in [1.165, 1.54) is 18.0 Å². The number of ether oxygens (including phenoxy) is 1. The topological polar surface area (TPSA) is 103 Å². The van der Waals surface area contributed by atoms with Gasteiger partial charge in [-0.25, -0.2) is 9.97 Å². The molecule has 0 aliphatic carbocycles. The highest BCUT2D eigenvalue weighted by Crippen LogP contribution is 2.26. The molecule has 0 aliphatic heterocycles. The van der Waals surface area contributed by atoms with E-state index in [1.807, 2.05) is 13.0 Å². The summed E-state index contributed by atoms with van der Waals surface area (Å²) in [6.07, 6.45) is 6.31. The number of aryl methyl sites for hydroxylation is 1. The Morgan fingerprint density at radius 2 is 2.00 bits per heavy atom. The van der Waals surface area contributed by atoms with E-state index in [2.05, 4.69) is 25.4 Å². The van der Waals surface area contributed by atoms with Crippen LogP contribution in [0.15, 0.2) is 76.8 Å². The van der Waals surface area contributed by atoms with Crippen LogP contribution in [0.25, 0.3) is 0 Å². The molecule has 0 unspecified atom stereocenters. The first-order valence-electron chi connectivity index (χ1n) is 9.03. The summed E-state index contributed by atoms with van der Waals surface area (Å²) in [6, 6.07) is 12.3. The number of rotatable bonds is 7. The van der Waals surface area contributed by atoms with Crippen molar-refractivity contribution in [3.05, 3.63) is 84.3 Å². The number of nitrogens with one attached hydrogen (secondary N) is 1. The molecule has 1 aromatic carbocycles. The van der Waals surface area contributed by atoms with Gasteiger partial charge in [0.15, 0.2) is 0 Å². The van der Waals surface area contributed by atoms with Crippen LogP contribution in [0.2, 0.25) is 0 Å². The summed E-state index contributed by atoms with van der Waals surface area (Å²) in [6.45, 7) is 1.84. The quantitative estimate of drug-likeness (QED) is 0.437. The van der Waals surface area contributed by atoms with E-state index in [1.54, 1.807) is 55.0 Å². The van der Waals surface area contributed by atoms with Gasteiger partial charge >= 0.3 is 0 Å². The molecule has 1 amide bonds. The van der Waals surface area contributed by atoms with E-state index in [4.69, 9.17) is 9.26 Å². The first kappa shape index (κ1) is 19.6. The number of carbonyl (C=O) groups is 1. The van der Waals surface area contributed by atoms with Gasteiger partial charge in [0.2, 0.25) is 5.88 Å². The van der Waals surface area contributed by atoms with Gasteiger partial charge in [-0.15, -0.1) is 0 Å². The number of nitrogens with zero attached hydrogens (tertiary/aromatic N) is 4. The molecule has 4 rings (SSSR count). The molecule has 3 heterocycles. The Kier molecular flexibility index (Phi) is 6.00. The molecule has 3 aromatic heterocycles. The number of anilines is 1. The van der Waals surface area contributed by atoms with Crippen LogP contribution >= 0.6 is 11.8 Å². The van der Waals surface area contributed by atoms with Crippen molar-refractivity contribution in [2.75, 3.05) is 5.32 Å². The highest BCUT2D eigenvalue weighted by molar-refractivity contribution is 7.98. The van der Waals surface area contributed by atoms with Crippen LogP contribution in [-0.4, -0.2) is 26.0 Å². The Balaban J connectivity index is 1.41. The van der Waals surface area contributed by atoms with E-state index >= 15 is 0 Å². The van der Waals surface area contributed by atoms with E-state index in [9.17, 15) is 4.79 Å². The molecular formula is C21H17N5O3S. The molecule has 0 bridgehead atoms. The molecule has 1 N–H and O–H groups in total. The number of hydrogen-bond donors (Lipinski definition) is 1. The SMILES string of the molecule is Cc1cc(CSc2ncccc2C(=O)Nc2ccc(Oc3cnccn3)cc2)no1. The lowest BCUT2D eigenvalue weighted by molar-refractivity contribution is 0.102. The zero-order valence-corrected chi connectivity index (χ0v) is 16.8. The maximum atomic E-state index is 12.8. The molecule has 0 radical (unpaired) electrons. The number of pyridine rings is 1. The van der Waals surface area contributed by atoms with Crippen molar-refractivity contribution in [1.29, 1.82) is 0 Å². The Morgan fingerprint density at radius 1 is 1.13 bits per heavy atom. The lowest BCUT2D eigenvalue weighted by atomic mass is 10.2. The van der Waals surface area contributed by atoms with Crippen LogP contribution < -0.4 is 10.1 Å². The van der Waals surface area contributed by atoms with Crippen molar-refractivity contribution < 1.29 is 14.1 Å². The second-order valence-electron chi connectivity index (χ2n) is 6.20. The van der Waals surface area contributed by atoms with Crippen LogP contribution in [0.5, 0.6) is 11.6 Å². The number of hydrogen-bond acceptors (Lipinski definition) is 8. The smallest absolute Gasteiger partial charge is 0.258 e. The predicted molar refractivity (Wildman–Crippen MR) is 112 cm³/mol. The standard InChI is InChI=1S/C21H17N5O3S/c1-14-11-16(26-29-14)13-30-21-18(3-2-8-24-21)20(27)25-15-4-6-17(7-5-15)28-19-12-22-9-10-23-19/h2-12H,13H2,1H3,(H,25,27). The predicted octanol–water partition coefficient (Wildman–Crippen LogP) is 4.50. The minimum absolute atomic E-state index is 0.246. The minimum atomic E-state index is -0.246. The molecule has 0 fully saturated rings. The van der Waals surface area contributed by atoms with Gasteiger partial charge in [0.1, 0.15) is 16.5 Å². The summed E-state index contributed by atoms with van der Waals surface area (Å²) >= 11 is 1.43. The lowest BCUT2D eigenvalue weighted by Crippen LogP contribution is -2.13. The first-order chi connectivity index (χ1) is 14.7. The van der Waals surface area contributed by atoms with Gasteiger partial charge in [0.25, 0.3) is 5.91 Å². The highest BCUT2D eigenvalue weighted by Gasteiger charge is 2.14. The monoisotopic (exact) mass is 419 g/mol. The second kappa shape index (κ2) is 9.19. The Morgan fingerprint density at radius 3 is 2.73 bits per heavy atom. The van der Waals surface area contributed by atoms with Crippen LogP contribution in [0.1, 0.15) is 21.8 Å². The molecule has 0 aliphatic rings. The molecule has 150 valence electrons. The zero-order chi connectivity index (χ0) is 20.8. The van der Waals surface area contributed by atoms with Crippen molar-refractivity contribution in [2.24, 2.45) is 0 Å². The second-order valence-corrected chi connectivity index (χ2v) is 7.16. The molecular weight excluding hydrogens is 402 g/mol. The third-order valence-electron chi connectivity index (χ3n) is 3.92. The van der Waals surface area contributed by atoms with E-state index < -0.39 is 0 Å². The third kappa shape index (κ3) is 5.00. The molecule has 8 nitrogen and oxygen atoms in total. The Labute approximate surface area is 176 Å². The molecule has 0 spiro atoms. The molecule has 0 saturated heterocycles. The number of carbonyl (C=O) groups excluding carboxylic acids is 1. The van der Waals surface area contributed by atoms with Gasteiger partial charge in [-0.2, -0.15) is 0 Å². The van der Waals surface area contributed by atoms with Gasteiger partial charge in [-0.1, -0.05) is 16.9 Å². The van der Waals surface area contributed by atoms with Crippen molar-refractivity contribution >= 4 is 23.4 Å². The highest BCUT2D eigenvalue weighted by atomic mass is 32.2. The first-order valence-corrected chi connectivity index (χ1v) is 10.0. The average Bonchev–Trinajstić information content (AvgIpc) is 3.20. The van der Waals surface area contributed by atoms with Gasteiger partial charge in [-0.05, 0) is 43.3 Å². The van der Waals surface area contributed by atoms with Crippen LogP contribution in [-0.2, 0) is 5.75 Å². The minimum Gasteiger partial charge on any atom is -0.438 e. The fourth-order valence-corrected chi connectivity index (χ4v) is 3.44. The summed E-state index contributed by atoms with van der Waals surface area (Å²) < 4.78 is 10.7. The van der Waals surface area contributed by atoms with Crippen molar-refractivity contribution in [3.63, 3.8) is 0 Å². The van der Waals surface area contributed by atoms with Crippen LogP contribution in [0.3, 0.4) is 0 Å². The summed E-state index contributed by atoms with van der Waals surface area (Å²) in [5.41, 5.74) is 1.93. The van der Waals surface area contributed by atoms with Crippen molar-refractivity contribution in [2.45, 2.75) is 17.7 Å². The molecule has 0 saturated carbocycles. The van der Waals surface area contributed by atoms with Gasteiger partial charge in [0.05, 0.1) is 17.5 Å². The lowest BCUT2D eigenvalue weighted by Gasteiger charge is -2.09. The maximum absolute atomic E-state index is 12.8. The summed E-state index contributed by atoms with van der Waals surface area (Å²) in [4.78, 5) is 25.1. The summed E-state index contributed by atoms with van der Waals surface area (Å²) in [5.74, 6) is 2.05. The van der Waals surface area contributed by atoms with E-state index in [0.29, 0.717) is 33.7 Å². The van der Waals surface area contributed by atoms with Crippen LogP contribution in [0, 0.1) is 6.92 Å². The largest absolute Gasteiger partial charge is 0.438 e. The van der Waals surface area contributed by atoms with E-state index in [0.717, 1.165) is 11.5 Å². The number of aromatic nitrogens is 4. The normalized spacial score (nSPS) is 10.6. The fraction of sp³-hybridized carbons (Fsp3) is 0.0952. The average molecular weight is 419 g/mol. The summed E-state index contributed by atoms with van der Waals surface area (Å²) in [5, 5.41) is 7.47. The zero-order valence-electron chi connectivity index (χ0n) is 16.0. The molecule has 4 aromatic rings. The number of amides is 1. The third-order valence-corrected chi connectivity index (χ3v) is 4.96. The maximum Gasteiger partial charge on any atom is 0.258 e. The van der Waals surface area contributed by atoms with Gasteiger partial charge in [0, 0.05) is 36.1 Å². The number of benzene rings is 1. The van der Waals surface area contributed by atoms with Crippen molar-refractivity contribution in [3.8, 4) is 11.6 Å². The van der Waals surface area contributed by atoms with Gasteiger partial charge < -0.3 is 14.6 Å². The molecule has 30 heavy (non-hydrogen) atoms. The number of thioether (sulfide) groups is 1. The van der Waals surface area contributed by atoms with Gasteiger partial charge in [-0.3, -0.25) is 9.78 Å². The van der Waals surface area contributed by atoms with Crippen molar-refractivity contribution in [1.82, 2.24) is 20.1 Å². The Bertz CT molecular complexity index is 1130. The molecule has 9 heteroatoms. The Hall–Kier alpha value is -3.72. The van der Waals surface area contributed by atoms with E-state index in [-0.39, 0.29) is 5.91 Å². The molecule has 0 atom stereocenters. The summed E-state index contributed by atoms with van der Waals surface area (Å²) in [7, 11) is 0.